The Labute approximate surface area is 220 Å². The van der Waals surface area contributed by atoms with Crippen molar-refractivity contribution >= 4 is 34.0 Å². The van der Waals surface area contributed by atoms with Crippen LogP contribution in [0.15, 0.2) is 66.7 Å². The Hall–Kier alpha value is -3.97. The zero-order valence-electron chi connectivity index (χ0n) is 21.4. The largest absolute Gasteiger partial charge is 0.497 e. The number of fused-ring (bicyclic) bond motifs is 1. The minimum atomic E-state index is -0.112. The van der Waals surface area contributed by atoms with Crippen LogP contribution in [0, 0.1) is 13.8 Å². The predicted molar refractivity (Wildman–Crippen MR) is 149 cm³/mol. The third-order valence-corrected chi connectivity index (χ3v) is 7.62. The van der Waals surface area contributed by atoms with E-state index in [1.807, 2.05) is 79.4 Å². The van der Waals surface area contributed by atoms with E-state index in [2.05, 4.69) is 18.3 Å². The van der Waals surface area contributed by atoms with E-state index >= 15 is 0 Å². The number of rotatable bonds is 6. The zero-order valence-corrected chi connectivity index (χ0v) is 22.2. The van der Waals surface area contributed by atoms with Gasteiger partial charge in [0.25, 0.3) is 5.91 Å². The normalized spacial score (nSPS) is 14.4. The summed E-state index contributed by atoms with van der Waals surface area (Å²) in [7, 11) is 1.62. The van der Waals surface area contributed by atoms with Crippen molar-refractivity contribution in [3.63, 3.8) is 0 Å². The molecule has 1 aliphatic rings. The van der Waals surface area contributed by atoms with Gasteiger partial charge >= 0.3 is 0 Å². The van der Waals surface area contributed by atoms with Crippen molar-refractivity contribution < 1.29 is 14.3 Å². The standard InChI is InChI=1S/C30H29N3O3S/c1-18-7-5-6-8-25(18)29(35)33-19(2)15-23-17-22(11-14-26(23)33)28-20(3)37-30(32-28)31-27(34)16-21-9-12-24(36-4)13-10-21/h5-14,17,19H,15-16H2,1-4H3,(H,31,32,34). The molecule has 6 nitrogen and oxygen atoms in total. The van der Waals surface area contributed by atoms with Gasteiger partial charge in [0.1, 0.15) is 5.75 Å². The van der Waals surface area contributed by atoms with E-state index in [4.69, 9.17) is 9.72 Å². The van der Waals surface area contributed by atoms with Crippen LogP contribution in [0.3, 0.4) is 0 Å². The highest BCUT2D eigenvalue weighted by Crippen LogP contribution is 2.38. The first-order valence-corrected chi connectivity index (χ1v) is 13.1. The molecule has 0 aliphatic carbocycles. The number of nitrogens with zero attached hydrogens (tertiary/aromatic N) is 2. The molecule has 188 valence electrons. The molecule has 7 heteroatoms. The number of thiazole rings is 1. The summed E-state index contributed by atoms with van der Waals surface area (Å²) in [5.74, 6) is 0.679. The van der Waals surface area contributed by atoms with Gasteiger partial charge in [-0.25, -0.2) is 4.98 Å². The van der Waals surface area contributed by atoms with Gasteiger partial charge in [-0.05, 0) is 74.2 Å². The molecule has 0 saturated carbocycles. The van der Waals surface area contributed by atoms with Crippen LogP contribution < -0.4 is 15.0 Å². The number of hydrogen-bond acceptors (Lipinski definition) is 5. The highest BCUT2D eigenvalue weighted by molar-refractivity contribution is 7.16. The minimum Gasteiger partial charge on any atom is -0.497 e. The summed E-state index contributed by atoms with van der Waals surface area (Å²) in [5.41, 5.74) is 6.53. The first-order chi connectivity index (χ1) is 17.8. The minimum absolute atomic E-state index is 0.0313. The number of hydrogen-bond donors (Lipinski definition) is 1. The second-order valence-electron chi connectivity index (χ2n) is 9.38. The van der Waals surface area contributed by atoms with Crippen molar-refractivity contribution in [2.45, 2.75) is 39.7 Å². The van der Waals surface area contributed by atoms with Crippen LogP contribution in [-0.4, -0.2) is 29.9 Å². The maximum Gasteiger partial charge on any atom is 0.258 e. The molecule has 5 rings (SSSR count). The summed E-state index contributed by atoms with van der Waals surface area (Å²) in [5, 5.41) is 3.52. The lowest BCUT2D eigenvalue weighted by Gasteiger charge is -2.23. The van der Waals surface area contributed by atoms with Crippen molar-refractivity contribution in [2.24, 2.45) is 0 Å². The number of benzene rings is 3. The molecule has 0 saturated heterocycles. The smallest absolute Gasteiger partial charge is 0.258 e. The number of carbonyl (C=O) groups is 2. The van der Waals surface area contributed by atoms with Gasteiger partial charge in [-0.15, -0.1) is 11.3 Å². The van der Waals surface area contributed by atoms with Gasteiger partial charge in [0.05, 0.1) is 19.2 Å². The Morgan fingerprint density at radius 1 is 1.08 bits per heavy atom. The van der Waals surface area contributed by atoms with Gasteiger partial charge in [0.2, 0.25) is 5.91 Å². The molecular weight excluding hydrogens is 482 g/mol. The molecule has 1 aliphatic heterocycles. The van der Waals surface area contributed by atoms with Gasteiger partial charge in [0.15, 0.2) is 5.13 Å². The Bertz CT molecular complexity index is 1480. The topological polar surface area (TPSA) is 71.5 Å². The van der Waals surface area contributed by atoms with E-state index in [1.165, 1.54) is 11.3 Å². The number of aromatic nitrogens is 1. The van der Waals surface area contributed by atoms with E-state index in [1.54, 1.807) is 7.11 Å². The van der Waals surface area contributed by atoms with Gasteiger partial charge < -0.3 is 15.0 Å². The van der Waals surface area contributed by atoms with Crippen LogP contribution in [-0.2, 0) is 17.6 Å². The molecule has 0 bridgehead atoms. The molecular formula is C30H29N3O3S. The summed E-state index contributed by atoms with van der Waals surface area (Å²) in [4.78, 5) is 33.7. The summed E-state index contributed by atoms with van der Waals surface area (Å²) in [6.45, 7) is 6.06. The van der Waals surface area contributed by atoms with E-state index in [0.717, 1.165) is 56.2 Å². The number of ether oxygens (including phenoxy) is 1. The third kappa shape index (κ3) is 5.00. The van der Waals surface area contributed by atoms with Crippen LogP contribution in [0.25, 0.3) is 11.3 Å². The summed E-state index contributed by atoms with van der Waals surface area (Å²) in [6, 6.07) is 21.4. The number of nitrogens with one attached hydrogen (secondary N) is 1. The second-order valence-corrected chi connectivity index (χ2v) is 10.6. The molecule has 1 atom stereocenters. The molecule has 0 radical (unpaired) electrons. The summed E-state index contributed by atoms with van der Waals surface area (Å²) >= 11 is 1.46. The lowest BCUT2D eigenvalue weighted by molar-refractivity contribution is -0.115. The van der Waals surface area contributed by atoms with Gasteiger partial charge in [-0.1, -0.05) is 36.4 Å². The molecule has 1 unspecified atom stereocenters. The van der Waals surface area contributed by atoms with Gasteiger partial charge in [0, 0.05) is 27.7 Å². The zero-order chi connectivity index (χ0) is 26.1. The monoisotopic (exact) mass is 511 g/mol. The molecule has 1 N–H and O–H groups in total. The first kappa shape index (κ1) is 24.7. The number of methoxy groups -OCH3 is 1. The fourth-order valence-electron chi connectivity index (χ4n) is 4.84. The first-order valence-electron chi connectivity index (χ1n) is 12.3. The van der Waals surface area contributed by atoms with Crippen molar-refractivity contribution in [3.8, 4) is 17.0 Å². The SMILES string of the molecule is COc1ccc(CC(=O)Nc2nc(-c3ccc4c(c3)CC(C)N4C(=O)c3ccccc3C)c(C)s2)cc1. The quantitative estimate of drug-likeness (QED) is 0.334. The van der Waals surface area contributed by atoms with Crippen LogP contribution in [0.5, 0.6) is 5.75 Å². The van der Waals surface area contributed by atoms with Crippen LogP contribution in [0.1, 0.15) is 38.8 Å². The second kappa shape index (κ2) is 10.2. The predicted octanol–water partition coefficient (Wildman–Crippen LogP) is 6.21. The van der Waals surface area contributed by atoms with Crippen molar-refractivity contribution in [1.82, 2.24) is 4.98 Å². The molecule has 3 aromatic carbocycles. The fourth-order valence-corrected chi connectivity index (χ4v) is 5.69. The Balaban J connectivity index is 1.33. The van der Waals surface area contributed by atoms with Crippen LogP contribution in [0.4, 0.5) is 10.8 Å². The van der Waals surface area contributed by atoms with Crippen molar-refractivity contribution in [3.05, 3.63) is 93.9 Å². The molecule has 0 spiro atoms. The molecule has 0 fully saturated rings. The lowest BCUT2D eigenvalue weighted by Crippen LogP contribution is -2.36. The average Bonchev–Trinajstić information content (AvgIpc) is 3.41. The Kier molecular flexibility index (Phi) is 6.80. The third-order valence-electron chi connectivity index (χ3n) is 6.73. The highest BCUT2D eigenvalue weighted by Gasteiger charge is 2.32. The van der Waals surface area contributed by atoms with E-state index in [-0.39, 0.29) is 24.3 Å². The molecule has 2 amide bonds. The van der Waals surface area contributed by atoms with Gasteiger partial charge in [-0.3, -0.25) is 9.59 Å². The summed E-state index contributed by atoms with van der Waals surface area (Å²) in [6.07, 6.45) is 1.05. The van der Waals surface area contributed by atoms with E-state index < -0.39 is 0 Å². The number of anilines is 2. The maximum atomic E-state index is 13.4. The maximum absolute atomic E-state index is 13.4. The Morgan fingerprint density at radius 3 is 2.57 bits per heavy atom. The van der Waals surface area contributed by atoms with Crippen molar-refractivity contribution in [1.29, 1.82) is 0 Å². The number of carbonyl (C=O) groups excluding carboxylic acids is 2. The van der Waals surface area contributed by atoms with Crippen LogP contribution >= 0.6 is 11.3 Å². The number of aryl methyl sites for hydroxylation is 2. The van der Waals surface area contributed by atoms with E-state index in [0.29, 0.717) is 5.13 Å². The summed E-state index contributed by atoms with van der Waals surface area (Å²) < 4.78 is 5.18. The molecule has 4 aromatic rings. The lowest BCUT2D eigenvalue weighted by atomic mass is 10.0. The highest BCUT2D eigenvalue weighted by atomic mass is 32.1. The fraction of sp³-hybridized carbons (Fsp3) is 0.233. The van der Waals surface area contributed by atoms with Gasteiger partial charge in [-0.2, -0.15) is 0 Å². The molecule has 2 heterocycles. The molecule has 37 heavy (non-hydrogen) atoms. The Morgan fingerprint density at radius 2 is 1.84 bits per heavy atom. The average molecular weight is 512 g/mol. The number of amides is 2. The van der Waals surface area contributed by atoms with Crippen LogP contribution in [0.2, 0.25) is 0 Å². The molecule has 1 aromatic heterocycles. The van der Waals surface area contributed by atoms with E-state index in [9.17, 15) is 9.59 Å². The van der Waals surface area contributed by atoms with Crippen molar-refractivity contribution in [2.75, 3.05) is 17.3 Å².